The molecule has 1 aromatic rings. The third kappa shape index (κ3) is 5.04. The molecule has 1 fully saturated rings. The van der Waals surface area contributed by atoms with Crippen LogP contribution in [0.25, 0.3) is 0 Å². The Morgan fingerprint density at radius 1 is 1.22 bits per heavy atom. The highest BCUT2D eigenvalue weighted by molar-refractivity contribution is 5.68. The number of hydrogen-bond donors (Lipinski definition) is 1. The molecular formula is C16H21F3N2O2. The predicted molar refractivity (Wildman–Crippen MR) is 81.4 cm³/mol. The fraction of sp³-hybridized carbons (Fsp3) is 0.562. The van der Waals surface area contributed by atoms with E-state index in [0.29, 0.717) is 25.2 Å². The zero-order valence-electron chi connectivity index (χ0n) is 13.4. The Kier molecular flexibility index (Phi) is 4.77. The highest BCUT2D eigenvalue weighted by Crippen LogP contribution is 2.31. The number of carbonyl (C=O) groups excluding carboxylic acids is 1. The molecule has 1 atom stereocenters. The van der Waals surface area contributed by atoms with Crippen molar-refractivity contribution in [3.05, 3.63) is 29.8 Å². The van der Waals surface area contributed by atoms with E-state index in [-0.39, 0.29) is 11.6 Å². The average Bonchev–Trinajstić information content (AvgIpc) is 2.84. The molecule has 4 nitrogen and oxygen atoms in total. The second-order valence-electron chi connectivity index (χ2n) is 6.68. The summed E-state index contributed by atoms with van der Waals surface area (Å²) >= 11 is 0. The molecular weight excluding hydrogens is 309 g/mol. The van der Waals surface area contributed by atoms with Gasteiger partial charge in [-0.05, 0) is 45.0 Å². The van der Waals surface area contributed by atoms with Crippen LogP contribution in [0, 0.1) is 0 Å². The van der Waals surface area contributed by atoms with Gasteiger partial charge in [0.1, 0.15) is 6.10 Å². The minimum absolute atomic E-state index is 0.264. The molecule has 1 aliphatic rings. The van der Waals surface area contributed by atoms with Gasteiger partial charge in [0.25, 0.3) is 0 Å². The van der Waals surface area contributed by atoms with Crippen LogP contribution in [0.2, 0.25) is 0 Å². The monoisotopic (exact) mass is 330 g/mol. The molecule has 1 saturated heterocycles. The second kappa shape index (κ2) is 6.29. The van der Waals surface area contributed by atoms with E-state index in [2.05, 4.69) is 5.32 Å². The molecule has 1 aromatic carbocycles. The summed E-state index contributed by atoms with van der Waals surface area (Å²) in [5.41, 5.74) is -0.346. The number of halogens is 3. The van der Waals surface area contributed by atoms with Gasteiger partial charge in [-0.2, -0.15) is 13.2 Å². The van der Waals surface area contributed by atoms with Gasteiger partial charge >= 0.3 is 12.3 Å². The molecule has 1 unspecified atom stereocenters. The Balaban J connectivity index is 1.91. The first-order chi connectivity index (χ1) is 10.5. The summed E-state index contributed by atoms with van der Waals surface area (Å²) in [6.07, 6.45) is -4.42. The topological polar surface area (TPSA) is 41.6 Å². The van der Waals surface area contributed by atoms with Gasteiger partial charge in [0, 0.05) is 24.2 Å². The maximum atomic E-state index is 12.6. The van der Waals surface area contributed by atoms with Crippen molar-refractivity contribution in [1.82, 2.24) is 5.32 Å². The second-order valence-corrected chi connectivity index (χ2v) is 6.68. The van der Waals surface area contributed by atoms with Crippen LogP contribution in [0.1, 0.15) is 32.8 Å². The zero-order valence-corrected chi connectivity index (χ0v) is 13.4. The molecule has 1 aliphatic heterocycles. The van der Waals surface area contributed by atoms with Crippen molar-refractivity contribution in [3.8, 4) is 0 Å². The third-order valence-corrected chi connectivity index (χ3v) is 3.46. The lowest BCUT2D eigenvalue weighted by molar-refractivity contribution is -0.137. The fourth-order valence-electron chi connectivity index (χ4n) is 2.41. The number of hydrogen-bond acceptors (Lipinski definition) is 3. The lowest BCUT2D eigenvalue weighted by atomic mass is 10.1. The lowest BCUT2D eigenvalue weighted by Gasteiger charge is -2.22. The van der Waals surface area contributed by atoms with Crippen LogP contribution in [0.3, 0.4) is 0 Å². The van der Waals surface area contributed by atoms with E-state index in [9.17, 15) is 18.0 Å². The Morgan fingerprint density at radius 2 is 1.83 bits per heavy atom. The van der Waals surface area contributed by atoms with Crippen LogP contribution in [0.5, 0.6) is 0 Å². The van der Waals surface area contributed by atoms with Crippen LogP contribution in [0.4, 0.5) is 23.7 Å². The molecule has 1 amide bonds. The molecule has 0 bridgehead atoms. The van der Waals surface area contributed by atoms with Crippen molar-refractivity contribution in [3.63, 3.8) is 0 Å². The standard InChI is InChI=1S/C16H21F3N2O2/c1-15(2,3)20-14(22)23-13-8-9-21(10-13)12-6-4-11(5-7-12)16(17,18)19/h4-7,13H,8-10H2,1-3H3,(H,20,22). The number of rotatable bonds is 2. The SMILES string of the molecule is CC(C)(C)NC(=O)OC1CCN(c2ccc(C(F)(F)F)cc2)C1. The molecule has 0 aliphatic carbocycles. The van der Waals surface area contributed by atoms with E-state index >= 15 is 0 Å². The van der Waals surface area contributed by atoms with Gasteiger partial charge in [-0.25, -0.2) is 4.79 Å². The number of amides is 1. The van der Waals surface area contributed by atoms with Gasteiger partial charge in [-0.1, -0.05) is 0 Å². The van der Waals surface area contributed by atoms with Crippen molar-refractivity contribution in [1.29, 1.82) is 0 Å². The Morgan fingerprint density at radius 3 is 2.35 bits per heavy atom. The summed E-state index contributed by atoms with van der Waals surface area (Å²) in [6.45, 7) is 6.69. The average molecular weight is 330 g/mol. The van der Waals surface area contributed by atoms with Crippen molar-refractivity contribution < 1.29 is 22.7 Å². The fourth-order valence-corrected chi connectivity index (χ4v) is 2.41. The van der Waals surface area contributed by atoms with E-state index < -0.39 is 17.8 Å². The zero-order chi connectivity index (χ0) is 17.3. The summed E-state index contributed by atoms with van der Waals surface area (Å²) in [7, 11) is 0. The smallest absolute Gasteiger partial charge is 0.416 e. The first-order valence-corrected chi connectivity index (χ1v) is 7.45. The molecule has 0 spiro atoms. The number of anilines is 1. The van der Waals surface area contributed by atoms with Gasteiger partial charge in [-0.15, -0.1) is 0 Å². The molecule has 7 heteroatoms. The van der Waals surface area contributed by atoms with E-state index in [1.165, 1.54) is 12.1 Å². The molecule has 0 saturated carbocycles. The Hall–Kier alpha value is -1.92. The van der Waals surface area contributed by atoms with Crippen LogP contribution < -0.4 is 10.2 Å². The highest BCUT2D eigenvalue weighted by Gasteiger charge is 2.31. The third-order valence-electron chi connectivity index (χ3n) is 3.46. The van der Waals surface area contributed by atoms with Gasteiger partial charge in [0.2, 0.25) is 0 Å². The summed E-state index contributed by atoms with van der Waals surface area (Å²) < 4.78 is 43.0. The number of alkyl halides is 3. The van der Waals surface area contributed by atoms with Crippen molar-refractivity contribution in [2.24, 2.45) is 0 Å². The molecule has 0 radical (unpaired) electrons. The number of alkyl carbamates (subject to hydrolysis) is 1. The number of benzene rings is 1. The summed E-state index contributed by atoms with van der Waals surface area (Å²) in [4.78, 5) is 13.6. The number of nitrogens with one attached hydrogen (secondary N) is 1. The minimum Gasteiger partial charge on any atom is -0.444 e. The summed E-state index contributed by atoms with van der Waals surface area (Å²) in [5.74, 6) is 0. The Labute approximate surface area is 133 Å². The van der Waals surface area contributed by atoms with Gasteiger partial charge in [0.15, 0.2) is 0 Å². The van der Waals surface area contributed by atoms with E-state index in [1.807, 2.05) is 25.7 Å². The van der Waals surface area contributed by atoms with E-state index in [4.69, 9.17) is 4.74 Å². The van der Waals surface area contributed by atoms with E-state index in [0.717, 1.165) is 12.1 Å². The maximum Gasteiger partial charge on any atom is 0.416 e. The Bertz CT molecular complexity index is 550. The predicted octanol–water partition coefficient (Wildman–Crippen LogP) is 3.81. The quantitative estimate of drug-likeness (QED) is 0.896. The number of nitrogens with zero attached hydrogens (tertiary/aromatic N) is 1. The summed E-state index contributed by atoms with van der Waals surface area (Å²) in [6, 6.07) is 5.02. The molecule has 128 valence electrons. The largest absolute Gasteiger partial charge is 0.444 e. The van der Waals surface area contributed by atoms with Crippen LogP contribution in [-0.4, -0.2) is 30.8 Å². The minimum atomic E-state index is -4.33. The van der Waals surface area contributed by atoms with Gasteiger partial charge in [0.05, 0.1) is 12.1 Å². The van der Waals surface area contributed by atoms with E-state index in [1.54, 1.807) is 0 Å². The normalized spacial score (nSPS) is 18.9. The number of ether oxygens (including phenoxy) is 1. The molecule has 1 N–H and O–H groups in total. The molecule has 23 heavy (non-hydrogen) atoms. The maximum absolute atomic E-state index is 12.6. The first kappa shape index (κ1) is 17.4. The summed E-state index contributed by atoms with van der Waals surface area (Å²) in [5, 5.41) is 2.72. The molecule has 0 aromatic heterocycles. The van der Waals surface area contributed by atoms with Crippen molar-refractivity contribution >= 4 is 11.8 Å². The van der Waals surface area contributed by atoms with Gasteiger partial charge in [-0.3, -0.25) is 0 Å². The van der Waals surface area contributed by atoms with Crippen LogP contribution >= 0.6 is 0 Å². The van der Waals surface area contributed by atoms with Crippen molar-refractivity contribution in [2.75, 3.05) is 18.0 Å². The molecule has 1 heterocycles. The molecule has 2 rings (SSSR count). The van der Waals surface area contributed by atoms with Crippen LogP contribution in [0.15, 0.2) is 24.3 Å². The number of carbonyl (C=O) groups is 1. The van der Waals surface area contributed by atoms with Crippen LogP contribution in [-0.2, 0) is 10.9 Å². The van der Waals surface area contributed by atoms with Crippen molar-refractivity contribution in [2.45, 2.75) is 45.0 Å². The lowest BCUT2D eigenvalue weighted by Crippen LogP contribution is -2.42. The first-order valence-electron chi connectivity index (χ1n) is 7.45. The highest BCUT2D eigenvalue weighted by atomic mass is 19.4. The van der Waals surface area contributed by atoms with Gasteiger partial charge < -0.3 is 15.0 Å².